The molecular weight excluding hydrogens is 435 g/mol. The molecule has 182 valence electrons. The van der Waals surface area contributed by atoms with Crippen LogP contribution < -0.4 is 5.32 Å². The highest BCUT2D eigenvalue weighted by atomic mass is 19.1. The fourth-order valence-corrected chi connectivity index (χ4v) is 4.46. The Kier molecular flexibility index (Phi) is 8.29. The number of carbonyl (C=O) groups excluding carboxylic acids is 2. The summed E-state index contributed by atoms with van der Waals surface area (Å²) >= 11 is 0. The van der Waals surface area contributed by atoms with Gasteiger partial charge in [0.2, 0.25) is 5.91 Å². The van der Waals surface area contributed by atoms with Gasteiger partial charge in [-0.1, -0.05) is 29.8 Å². The highest BCUT2D eigenvalue weighted by molar-refractivity contribution is 5.97. The van der Waals surface area contributed by atoms with Crippen molar-refractivity contribution >= 4 is 11.8 Å². The molecule has 1 saturated heterocycles. The monoisotopic (exact) mass is 468 g/mol. The molecule has 0 aromatic heterocycles. The standard InChI is InChI=1S/C27H33FN2O4/c1-19-4-6-20(7-5-19)24-17-22(24)3-2-14-34-18-25(27(32)30-12-15-33-16-13-30)29-26(31)21-8-10-23(28)11-9-21/h4-11,22,24-25H,2-3,12-18H2,1H3,(H,29,31)/t22-,24+,25+/m1/s1. The average Bonchev–Trinajstić information content (AvgIpc) is 3.63. The van der Waals surface area contributed by atoms with Crippen LogP contribution in [0.5, 0.6) is 0 Å². The Bertz CT molecular complexity index is 958. The van der Waals surface area contributed by atoms with E-state index in [9.17, 15) is 14.0 Å². The number of halogens is 1. The summed E-state index contributed by atoms with van der Waals surface area (Å²) in [5.74, 6) is 0.317. The van der Waals surface area contributed by atoms with E-state index in [1.54, 1.807) is 4.90 Å². The lowest BCUT2D eigenvalue weighted by Gasteiger charge is -2.30. The molecule has 1 aliphatic heterocycles. The number of hydrogen-bond acceptors (Lipinski definition) is 4. The van der Waals surface area contributed by atoms with Gasteiger partial charge in [-0.25, -0.2) is 4.39 Å². The van der Waals surface area contributed by atoms with Crippen molar-refractivity contribution in [3.8, 4) is 0 Å². The molecule has 0 unspecified atom stereocenters. The topological polar surface area (TPSA) is 67.9 Å². The van der Waals surface area contributed by atoms with E-state index >= 15 is 0 Å². The Morgan fingerprint density at radius 2 is 1.82 bits per heavy atom. The van der Waals surface area contributed by atoms with Gasteiger partial charge in [0, 0.05) is 25.3 Å². The van der Waals surface area contributed by atoms with E-state index in [1.807, 2.05) is 0 Å². The van der Waals surface area contributed by atoms with Crippen LogP contribution in [0.4, 0.5) is 4.39 Å². The van der Waals surface area contributed by atoms with E-state index in [2.05, 4.69) is 36.5 Å². The predicted octanol–water partition coefficient (Wildman–Crippen LogP) is 3.69. The first kappa shape index (κ1) is 24.4. The van der Waals surface area contributed by atoms with Crippen LogP contribution >= 0.6 is 0 Å². The quantitative estimate of drug-likeness (QED) is 0.540. The molecule has 1 N–H and O–H groups in total. The Morgan fingerprint density at radius 1 is 1.12 bits per heavy atom. The number of morpholine rings is 1. The number of carbonyl (C=O) groups is 2. The Hall–Kier alpha value is -2.77. The molecule has 6 nitrogen and oxygen atoms in total. The van der Waals surface area contributed by atoms with Crippen molar-refractivity contribution in [2.75, 3.05) is 39.5 Å². The fourth-order valence-electron chi connectivity index (χ4n) is 4.46. The molecule has 1 heterocycles. The summed E-state index contributed by atoms with van der Waals surface area (Å²) in [5.41, 5.74) is 3.00. The molecule has 2 aromatic carbocycles. The van der Waals surface area contributed by atoms with Crippen LogP contribution in [0, 0.1) is 18.7 Å². The molecule has 4 rings (SSSR count). The molecule has 2 fully saturated rings. The third-order valence-corrected chi connectivity index (χ3v) is 6.61. The second kappa shape index (κ2) is 11.6. The lowest BCUT2D eigenvalue weighted by molar-refractivity contribution is -0.138. The Morgan fingerprint density at radius 3 is 2.53 bits per heavy atom. The van der Waals surface area contributed by atoms with Crippen LogP contribution in [0.15, 0.2) is 48.5 Å². The molecule has 0 spiro atoms. The second-order valence-electron chi connectivity index (χ2n) is 9.20. The number of rotatable bonds is 10. The number of aryl methyl sites for hydroxylation is 1. The van der Waals surface area contributed by atoms with Crippen molar-refractivity contribution in [3.05, 3.63) is 71.0 Å². The van der Waals surface area contributed by atoms with E-state index in [0.717, 1.165) is 12.8 Å². The van der Waals surface area contributed by atoms with E-state index < -0.39 is 17.8 Å². The van der Waals surface area contributed by atoms with Crippen molar-refractivity contribution in [3.63, 3.8) is 0 Å². The lowest BCUT2D eigenvalue weighted by Crippen LogP contribution is -2.53. The number of amides is 2. The largest absolute Gasteiger partial charge is 0.379 e. The maximum atomic E-state index is 13.2. The lowest BCUT2D eigenvalue weighted by atomic mass is 10.1. The predicted molar refractivity (Wildman–Crippen MR) is 127 cm³/mol. The molecule has 2 aromatic rings. The van der Waals surface area contributed by atoms with Crippen molar-refractivity contribution < 1.29 is 23.5 Å². The van der Waals surface area contributed by atoms with Crippen LogP contribution in [-0.2, 0) is 14.3 Å². The van der Waals surface area contributed by atoms with Crippen LogP contribution in [0.3, 0.4) is 0 Å². The van der Waals surface area contributed by atoms with E-state index in [1.165, 1.54) is 41.8 Å². The van der Waals surface area contributed by atoms with Gasteiger partial charge < -0.3 is 19.7 Å². The normalized spacial score (nSPS) is 20.6. The number of nitrogens with one attached hydrogen (secondary N) is 1. The zero-order chi connectivity index (χ0) is 23.9. The highest BCUT2D eigenvalue weighted by Crippen LogP contribution is 2.50. The van der Waals surface area contributed by atoms with Gasteiger partial charge in [-0.15, -0.1) is 0 Å². The summed E-state index contributed by atoms with van der Waals surface area (Å²) in [7, 11) is 0. The van der Waals surface area contributed by atoms with Crippen LogP contribution in [0.25, 0.3) is 0 Å². The first-order chi connectivity index (χ1) is 16.5. The van der Waals surface area contributed by atoms with Crippen LogP contribution in [-0.4, -0.2) is 62.3 Å². The van der Waals surface area contributed by atoms with Gasteiger partial charge in [-0.2, -0.15) is 0 Å². The van der Waals surface area contributed by atoms with E-state index in [4.69, 9.17) is 9.47 Å². The van der Waals surface area contributed by atoms with Gasteiger partial charge in [0.1, 0.15) is 11.9 Å². The van der Waals surface area contributed by atoms with Crippen molar-refractivity contribution in [1.82, 2.24) is 10.2 Å². The molecular formula is C27H33FN2O4. The zero-order valence-electron chi connectivity index (χ0n) is 19.7. The van der Waals surface area contributed by atoms with Gasteiger partial charge >= 0.3 is 0 Å². The molecule has 1 aliphatic carbocycles. The summed E-state index contributed by atoms with van der Waals surface area (Å²) in [5, 5.41) is 2.78. The average molecular weight is 469 g/mol. The number of nitrogens with zero attached hydrogens (tertiary/aromatic N) is 1. The van der Waals surface area contributed by atoms with E-state index in [-0.39, 0.29) is 12.5 Å². The Labute approximate surface area is 200 Å². The summed E-state index contributed by atoms with van der Waals surface area (Å²) in [6.07, 6.45) is 3.22. The first-order valence-corrected chi connectivity index (χ1v) is 12.1. The number of hydrogen-bond donors (Lipinski definition) is 1. The van der Waals surface area contributed by atoms with E-state index in [0.29, 0.717) is 50.3 Å². The molecule has 2 amide bonds. The minimum absolute atomic E-state index is 0.106. The van der Waals surface area contributed by atoms with Gasteiger partial charge in [-0.3, -0.25) is 9.59 Å². The summed E-state index contributed by atoms with van der Waals surface area (Å²) < 4.78 is 24.4. The van der Waals surface area contributed by atoms with Gasteiger partial charge in [0.05, 0.1) is 19.8 Å². The first-order valence-electron chi connectivity index (χ1n) is 12.1. The summed E-state index contributed by atoms with van der Waals surface area (Å²) in [6.45, 7) is 4.69. The van der Waals surface area contributed by atoms with Gasteiger partial charge in [0.15, 0.2) is 0 Å². The van der Waals surface area contributed by atoms with Gasteiger partial charge in [0.25, 0.3) is 5.91 Å². The third-order valence-electron chi connectivity index (χ3n) is 6.61. The molecule has 0 bridgehead atoms. The Balaban J connectivity index is 1.25. The highest BCUT2D eigenvalue weighted by Gasteiger charge is 2.37. The van der Waals surface area contributed by atoms with Crippen LogP contribution in [0.1, 0.15) is 46.7 Å². The number of ether oxygens (including phenoxy) is 2. The number of benzene rings is 2. The summed E-state index contributed by atoms with van der Waals surface area (Å²) in [4.78, 5) is 27.4. The second-order valence-corrected chi connectivity index (χ2v) is 9.20. The van der Waals surface area contributed by atoms with Crippen LogP contribution in [0.2, 0.25) is 0 Å². The molecule has 3 atom stereocenters. The summed E-state index contributed by atoms with van der Waals surface area (Å²) in [6, 6.07) is 13.3. The van der Waals surface area contributed by atoms with Gasteiger partial charge in [-0.05, 0) is 67.9 Å². The van der Waals surface area contributed by atoms with Crippen molar-refractivity contribution in [2.45, 2.75) is 38.1 Å². The molecule has 34 heavy (non-hydrogen) atoms. The molecule has 2 aliphatic rings. The molecule has 1 saturated carbocycles. The SMILES string of the molecule is Cc1ccc([C@@H]2C[C@H]2CCCOC[C@H](NC(=O)c2ccc(F)cc2)C(=O)N2CCOCC2)cc1. The zero-order valence-corrected chi connectivity index (χ0v) is 19.7. The smallest absolute Gasteiger partial charge is 0.251 e. The third kappa shape index (κ3) is 6.64. The van der Waals surface area contributed by atoms with Crippen molar-refractivity contribution in [2.24, 2.45) is 5.92 Å². The fraction of sp³-hybridized carbons (Fsp3) is 0.481. The molecule has 7 heteroatoms. The maximum absolute atomic E-state index is 13.2. The minimum Gasteiger partial charge on any atom is -0.379 e. The van der Waals surface area contributed by atoms with Crippen molar-refractivity contribution in [1.29, 1.82) is 0 Å². The minimum atomic E-state index is -0.795. The maximum Gasteiger partial charge on any atom is 0.251 e. The molecule has 0 radical (unpaired) electrons.